The van der Waals surface area contributed by atoms with Gasteiger partial charge in [-0.2, -0.15) is 0 Å². The van der Waals surface area contributed by atoms with E-state index in [1.807, 2.05) is 26.4 Å². The van der Waals surface area contributed by atoms with Crippen LogP contribution in [0, 0.1) is 0 Å². The maximum absolute atomic E-state index is 6.12. The van der Waals surface area contributed by atoms with Crippen LogP contribution in [-0.4, -0.2) is 47.3 Å². The van der Waals surface area contributed by atoms with Crippen LogP contribution in [0.1, 0.15) is 19.5 Å². The molecule has 1 atom stereocenters. The van der Waals surface area contributed by atoms with Crippen LogP contribution in [-0.2, 0) is 16.8 Å². The zero-order valence-electron chi connectivity index (χ0n) is 10.9. The van der Waals surface area contributed by atoms with E-state index >= 15 is 0 Å². The molecule has 17 heavy (non-hydrogen) atoms. The molecule has 1 saturated heterocycles. The Balaban J connectivity index is 2.06. The highest BCUT2D eigenvalue weighted by atomic mass is 16.5. The van der Waals surface area contributed by atoms with Gasteiger partial charge in [-0.05, 0) is 20.9 Å². The van der Waals surface area contributed by atoms with Crippen molar-refractivity contribution in [2.45, 2.75) is 32.0 Å². The van der Waals surface area contributed by atoms with Crippen molar-refractivity contribution in [2.75, 3.05) is 26.7 Å². The molecule has 5 nitrogen and oxygen atoms in total. The van der Waals surface area contributed by atoms with Crippen molar-refractivity contribution in [3.8, 4) is 0 Å². The summed E-state index contributed by atoms with van der Waals surface area (Å²) in [5.74, 6) is 0. The molecular weight excluding hydrogens is 216 g/mol. The summed E-state index contributed by atoms with van der Waals surface area (Å²) in [5.41, 5.74) is 6.81. The normalized spacial score (nSPS) is 22.9. The minimum Gasteiger partial charge on any atom is -0.374 e. The van der Waals surface area contributed by atoms with Gasteiger partial charge in [0.1, 0.15) is 0 Å². The molecule has 2 heterocycles. The molecule has 0 bridgehead atoms. The van der Waals surface area contributed by atoms with Gasteiger partial charge < -0.3 is 19.9 Å². The largest absolute Gasteiger partial charge is 0.374 e. The molecule has 0 amide bonds. The maximum Gasteiger partial charge on any atom is 0.0949 e. The Bertz CT molecular complexity index is 369. The van der Waals surface area contributed by atoms with Crippen molar-refractivity contribution in [1.82, 2.24) is 14.5 Å². The molecule has 1 aliphatic rings. The number of aromatic nitrogens is 2. The van der Waals surface area contributed by atoms with Gasteiger partial charge in [-0.1, -0.05) is 0 Å². The number of imidazole rings is 1. The van der Waals surface area contributed by atoms with E-state index in [1.165, 1.54) is 0 Å². The summed E-state index contributed by atoms with van der Waals surface area (Å²) >= 11 is 0. The molecule has 1 aromatic heterocycles. The molecule has 0 saturated carbocycles. The van der Waals surface area contributed by atoms with Crippen molar-refractivity contribution in [3.05, 3.63) is 18.2 Å². The van der Waals surface area contributed by atoms with E-state index in [2.05, 4.69) is 21.5 Å². The summed E-state index contributed by atoms with van der Waals surface area (Å²) in [5, 5.41) is 0. The summed E-state index contributed by atoms with van der Waals surface area (Å²) in [6.45, 7) is 7.58. The van der Waals surface area contributed by atoms with Gasteiger partial charge in [-0.3, -0.25) is 0 Å². The second-order valence-corrected chi connectivity index (χ2v) is 5.41. The van der Waals surface area contributed by atoms with Crippen LogP contribution in [0.4, 0.5) is 0 Å². The van der Waals surface area contributed by atoms with Gasteiger partial charge in [0.05, 0.1) is 36.8 Å². The average Bonchev–Trinajstić information content (AvgIpc) is 2.65. The summed E-state index contributed by atoms with van der Waals surface area (Å²) in [7, 11) is 2.12. The maximum atomic E-state index is 6.12. The number of nitrogens with zero attached hydrogens (tertiary/aromatic N) is 3. The SMILES string of the molecule is CN1CCOC(Cn2cncc2C(C)(C)N)C1. The van der Waals surface area contributed by atoms with Gasteiger partial charge in [-0.15, -0.1) is 0 Å². The lowest BCUT2D eigenvalue weighted by molar-refractivity contribution is -0.0280. The predicted molar refractivity (Wildman–Crippen MR) is 66.7 cm³/mol. The van der Waals surface area contributed by atoms with Crippen LogP contribution in [0.25, 0.3) is 0 Å². The molecule has 1 aliphatic heterocycles. The number of likely N-dealkylation sites (N-methyl/N-ethyl adjacent to an activating group) is 1. The third-order valence-corrected chi connectivity index (χ3v) is 3.11. The fraction of sp³-hybridized carbons (Fsp3) is 0.750. The average molecular weight is 238 g/mol. The smallest absolute Gasteiger partial charge is 0.0949 e. The number of nitrogens with two attached hydrogens (primary N) is 1. The standard InChI is InChI=1S/C12H22N4O/c1-12(2,13)11-6-14-9-16(11)8-10-7-15(3)4-5-17-10/h6,9-10H,4-5,7-8,13H2,1-3H3. The number of hydrogen-bond donors (Lipinski definition) is 1. The monoisotopic (exact) mass is 238 g/mol. The molecule has 0 spiro atoms. The summed E-state index contributed by atoms with van der Waals surface area (Å²) in [6.07, 6.45) is 3.90. The lowest BCUT2D eigenvalue weighted by Crippen LogP contribution is -2.42. The molecule has 1 fully saturated rings. The Hall–Kier alpha value is -0.910. The first-order valence-electron chi connectivity index (χ1n) is 6.06. The third kappa shape index (κ3) is 3.06. The van der Waals surface area contributed by atoms with Crippen molar-refractivity contribution in [2.24, 2.45) is 5.73 Å². The Morgan fingerprint density at radius 2 is 2.35 bits per heavy atom. The van der Waals surface area contributed by atoms with Gasteiger partial charge in [0.15, 0.2) is 0 Å². The lowest BCUT2D eigenvalue weighted by atomic mass is 10.0. The first-order valence-corrected chi connectivity index (χ1v) is 6.06. The quantitative estimate of drug-likeness (QED) is 0.828. The van der Waals surface area contributed by atoms with Gasteiger partial charge in [0.2, 0.25) is 0 Å². The molecule has 1 unspecified atom stereocenters. The predicted octanol–water partition coefficient (Wildman–Crippen LogP) is 0.408. The summed E-state index contributed by atoms with van der Waals surface area (Å²) in [6, 6.07) is 0. The van der Waals surface area contributed by atoms with Gasteiger partial charge in [0.25, 0.3) is 0 Å². The zero-order valence-corrected chi connectivity index (χ0v) is 10.9. The Morgan fingerprint density at radius 1 is 1.59 bits per heavy atom. The van der Waals surface area contributed by atoms with E-state index in [0.717, 1.165) is 31.9 Å². The van der Waals surface area contributed by atoms with Gasteiger partial charge in [-0.25, -0.2) is 4.98 Å². The first-order chi connectivity index (χ1) is 7.97. The Morgan fingerprint density at radius 3 is 3.00 bits per heavy atom. The van der Waals surface area contributed by atoms with Crippen LogP contribution in [0.5, 0.6) is 0 Å². The molecule has 2 rings (SSSR count). The van der Waals surface area contributed by atoms with E-state index in [0.29, 0.717) is 0 Å². The van der Waals surface area contributed by atoms with Crippen molar-refractivity contribution in [3.63, 3.8) is 0 Å². The highest BCUT2D eigenvalue weighted by molar-refractivity contribution is 5.10. The summed E-state index contributed by atoms with van der Waals surface area (Å²) < 4.78 is 7.86. The number of morpholine rings is 1. The molecule has 2 N–H and O–H groups in total. The fourth-order valence-corrected chi connectivity index (χ4v) is 2.20. The minimum absolute atomic E-state index is 0.226. The third-order valence-electron chi connectivity index (χ3n) is 3.11. The molecule has 0 aliphatic carbocycles. The lowest BCUT2D eigenvalue weighted by Gasteiger charge is -2.31. The van der Waals surface area contributed by atoms with Crippen molar-refractivity contribution < 1.29 is 4.74 Å². The second-order valence-electron chi connectivity index (χ2n) is 5.41. The zero-order chi connectivity index (χ0) is 12.5. The fourth-order valence-electron chi connectivity index (χ4n) is 2.20. The van der Waals surface area contributed by atoms with Crippen molar-refractivity contribution >= 4 is 0 Å². The van der Waals surface area contributed by atoms with E-state index in [4.69, 9.17) is 10.5 Å². The molecule has 1 aromatic rings. The van der Waals surface area contributed by atoms with E-state index in [9.17, 15) is 0 Å². The van der Waals surface area contributed by atoms with Crippen LogP contribution in [0.15, 0.2) is 12.5 Å². The van der Waals surface area contributed by atoms with Crippen LogP contribution in [0.2, 0.25) is 0 Å². The molecule has 0 radical (unpaired) electrons. The highest BCUT2D eigenvalue weighted by Gasteiger charge is 2.23. The first kappa shape index (κ1) is 12.5. The molecule has 5 heteroatoms. The highest BCUT2D eigenvalue weighted by Crippen LogP contribution is 2.17. The van der Waals surface area contributed by atoms with E-state index in [1.54, 1.807) is 0 Å². The van der Waals surface area contributed by atoms with Gasteiger partial charge in [0, 0.05) is 19.3 Å². The summed E-state index contributed by atoms with van der Waals surface area (Å²) in [4.78, 5) is 6.48. The Labute approximate surface area is 103 Å². The number of rotatable bonds is 3. The van der Waals surface area contributed by atoms with Crippen LogP contribution < -0.4 is 5.73 Å². The van der Waals surface area contributed by atoms with Crippen molar-refractivity contribution in [1.29, 1.82) is 0 Å². The van der Waals surface area contributed by atoms with Crippen LogP contribution in [0.3, 0.4) is 0 Å². The van der Waals surface area contributed by atoms with E-state index in [-0.39, 0.29) is 11.6 Å². The second kappa shape index (κ2) is 4.76. The molecule has 96 valence electrons. The number of ether oxygens (including phenoxy) is 1. The molecule has 0 aromatic carbocycles. The Kier molecular flexibility index (Phi) is 3.51. The van der Waals surface area contributed by atoms with E-state index < -0.39 is 0 Å². The minimum atomic E-state index is -0.364. The topological polar surface area (TPSA) is 56.3 Å². The van der Waals surface area contributed by atoms with Gasteiger partial charge >= 0.3 is 0 Å². The number of hydrogen-bond acceptors (Lipinski definition) is 4. The van der Waals surface area contributed by atoms with Crippen LogP contribution >= 0.6 is 0 Å². The molecular formula is C12H22N4O.